The van der Waals surface area contributed by atoms with E-state index in [1.807, 2.05) is 0 Å². The first-order valence-corrected chi connectivity index (χ1v) is 16.1. The Morgan fingerprint density at radius 2 is 1.88 bits per heavy atom. The molecule has 40 heavy (non-hydrogen) atoms. The van der Waals surface area contributed by atoms with Crippen LogP contribution in [0.3, 0.4) is 0 Å². The Labute approximate surface area is 233 Å². The van der Waals surface area contributed by atoms with Crippen molar-refractivity contribution in [3.63, 3.8) is 0 Å². The maximum atomic E-state index is 13.3. The molecule has 2 aliphatic heterocycles. The van der Waals surface area contributed by atoms with Gasteiger partial charge in [-0.15, -0.1) is 0 Å². The third-order valence-electron chi connectivity index (χ3n) is 7.78. The average molecular weight is 592 g/mol. The zero-order valence-corrected chi connectivity index (χ0v) is 23.5. The topological polar surface area (TPSA) is 169 Å². The molecule has 216 valence electrons. The smallest absolute Gasteiger partial charge is 0.248 e. The lowest BCUT2D eigenvalue weighted by molar-refractivity contribution is -0.0314. The van der Waals surface area contributed by atoms with Gasteiger partial charge in [0.1, 0.15) is 17.3 Å². The lowest BCUT2D eigenvalue weighted by Crippen LogP contribution is -2.47. The monoisotopic (exact) mass is 591 g/mol. The number of aromatic amines is 1. The quantitative estimate of drug-likeness (QED) is 0.339. The van der Waals surface area contributed by atoms with E-state index in [4.69, 9.17) is 14.6 Å². The van der Waals surface area contributed by atoms with Gasteiger partial charge in [-0.1, -0.05) is 18.2 Å². The summed E-state index contributed by atoms with van der Waals surface area (Å²) in [5.41, 5.74) is -0.337. The summed E-state index contributed by atoms with van der Waals surface area (Å²) in [4.78, 5) is 15.5. The van der Waals surface area contributed by atoms with Gasteiger partial charge in [0.15, 0.2) is 0 Å². The molecule has 2 atom stereocenters. The fourth-order valence-electron chi connectivity index (χ4n) is 5.53. The van der Waals surface area contributed by atoms with Crippen LogP contribution in [0.2, 0.25) is 0 Å². The Balaban J connectivity index is 1.12. The summed E-state index contributed by atoms with van der Waals surface area (Å²) in [7, 11) is -7.80. The normalized spacial score (nSPS) is 20.6. The summed E-state index contributed by atoms with van der Waals surface area (Å²) in [6, 6.07) is 12.6. The number of fused-ring (bicyclic) bond motifs is 1. The van der Waals surface area contributed by atoms with Gasteiger partial charge < -0.3 is 19.6 Å². The molecule has 2 fully saturated rings. The van der Waals surface area contributed by atoms with Crippen LogP contribution in [0.1, 0.15) is 32.1 Å². The molecule has 1 aromatic heterocycles. The molecule has 3 heterocycles. The van der Waals surface area contributed by atoms with Crippen LogP contribution >= 0.6 is 0 Å². The maximum Gasteiger partial charge on any atom is 0.248 e. The molecule has 13 heteroatoms. The van der Waals surface area contributed by atoms with Gasteiger partial charge in [0.05, 0.1) is 23.2 Å². The number of aromatic nitrogens is 1. The fourth-order valence-corrected chi connectivity index (χ4v) is 7.57. The van der Waals surface area contributed by atoms with Gasteiger partial charge in [-0.2, -0.15) is 4.31 Å². The number of aliphatic hydroxyl groups is 1. The predicted molar refractivity (Wildman–Crippen MR) is 148 cm³/mol. The molecule has 2 saturated heterocycles. The summed E-state index contributed by atoms with van der Waals surface area (Å²) in [6.45, 7) is 1.05. The Hall–Kier alpha value is -2.81. The minimum absolute atomic E-state index is 0.00746. The molecular weight excluding hydrogens is 558 g/mol. The number of hydrogen-bond acceptors (Lipinski definition) is 8. The second-order valence-corrected chi connectivity index (χ2v) is 14.0. The second kappa shape index (κ2) is 11.2. The highest BCUT2D eigenvalue weighted by Crippen LogP contribution is 2.41. The van der Waals surface area contributed by atoms with Gasteiger partial charge in [0.2, 0.25) is 25.5 Å². The fraction of sp³-hybridized carbons (Fsp3) is 0.444. The molecule has 2 aromatic carbocycles. The first-order valence-electron chi connectivity index (χ1n) is 13.2. The van der Waals surface area contributed by atoms with Gasteiger partial charge in [-0.05, 0) is 62.3 Å². The molecule has 0 saturated carbocycles. The lowest BCUT2D eigenvalue weighted by Gasteiger charge is -2.38. The minimum atomic E-state index is -3.96. The molecule has 2 aliphatic rings. The molecule has 0 bridgehead atoms. The summed E-state index contributed by atoms with van der Waals surface area (Å²) in [5.74, 6) is 0.521. The van der Waals surface area contributed by atoms with Crippen LogP contribution in [-0.2, 0) is 24.8 Å². The van der Waals surface area contributed by atoms with E-state index in [0.29, 0.717) is 48.9 Å². The number of pyridine rings is 1. The zero-order chi connectivity index (χ0) is 28.5. The number of aliphatic hydroxyl groups excluding tert-OH is 1. The molecule has 0 amide bonds. The van der Waals surface area contributed by atoms with Crippen molar-refractivity contribution < 1.29 is 31.4 Å². The number of primary sulfonamides is 1. The number of piperidine rings is 1. The van der Waals surface area contributed by atoms with Crippen LogP contribution in [0.15, 0.2) is 69.3 Å². The van der Waals surface area contributed by atoms with Gasteiger partial charge >= 0.3 is 0 Å². The highest BCUT2D eigenvalue weighted by Gasteiger charge is 2.45. The van der Waals surface area contributed by atoms with Crippen molar-refractivity contribution in [2.75, 3.05) is 26.3 Å². The van der Waals surface area contributed by atoms with Crippen molar-refractivity contribution in [3.05, 3.63) is 65.0 Å². The van der Waals surface area contributed by atoms with E-state index >= 15 is 0 Å². The van der Waals surface area contributed by atoms with Crippen LogP contribution < -0.4 is 15.3 Å². The molecule has 5 rings (SSSR count). The highest BCUT2D eigenvalue weighted by molar-refractivity contribution is 7.89. The average Bonchev–Trinajstić information content (AvgIpc) is 3.33. The number of nitrogens with one attached hydrogen (secondary N) is 1. The van der Waals surface area contributed by atoms with Crippen molar-refractivity contribution in [2.24, 2.45) is 11.1 Å². The number of nitrogens with zero attached hydrogens (tertiary/aromatic N) is 1. The number of hydrogen-bond donors (Lipinski definition) is 3. The van der Waals surface area contributed by atoms with E-state index in [1.54, 1.807) is 30.3 Å². The summed E-state index contributed by atoms with van der Waals surface area (Å²) in [6.07, 6.45) is 3.53. The SMILES string of the molecule is NS(=O)(=O)c1cccc(OC[C@@H](O)CC[C@H]2COC3(CCN(S(=O)(=O)c4c[nH]c5ccccc5c4=O)CC3)C2)c1. The Morgan fingerprint density at radius 3 is 2.62 bits per heavy atom. The number of H-pyrrole nitrogens is 1. The third-order valence-corrected chi connectivity index (χ3v) is 10.6. The largest absolute Gasteiger partial charge is 0.491 e. The van der Waals surface area contributed by atoms with E-state index in [0.717, 1.165) is 6.42 Å². The van der Waals surface area contributed by atoms with Crippen molar-refractivity contribution in [1.29, 1.82) is 0 Å². The first-order chi connectivity index (χ1) is 19.0. The van der Waals surface area contributed by atoms with Crippen LogP contribution in [0.4, 0.5) is 0 Å². The number of ether oxygens (including phenoxy) is 2. The zero-order valence-electron chi connectivity index (χ0n) is 21.9. The van der Waals surface area contributed by atoms with Crippen molar-refractivity contribution in [2.45, 2.75) is 53.6 Å². The first kappa shape index (κ1) is 28.7. The van der Waals surface area contributed by atoms with Crippen LogP contribution in [0.25, 0.3) is 10.9 Å². The molecule has 1 spiro atoms. The van der Waals surface area contributed by atoms with Gasteiger partial charge in [0, 0.05) is 36.3 Å². The highest BCUT2D eigenvalue weighted by atomic mass is 32.2. The second-order valence-electron chi connectivity index (χ2n) is 10.6. The lowest BCUT2D eigenvalue weighted by atomic mass is 9.84. The number of benzene rings is 2. The van der Waals surface area contributed by atoms with Crippen molar-refractivity contribution in [1.82, 2.24) is 9.29 Å². The summed E-state index contributed by atoms with van der Waals surface area (Å²) < 4.78 is 62.7. The van der Waals surface area contributed by atoms with Crippen LogP contribution in [0, 0.1) is 5.92 Å². The minimum Gasteiger partial charge on any atom is -0.491 e. The van der Waals surface area contributed by atoms with E-state index < -0.39 is 37.2 Å². The van der Waals surface area contributed by atoms with E-state index in [9.17, 15) is 26.7 Å². The Bertz CT molecular complexity index is 1650. The van der Waals surface area contributed by atoms with Gasteiger partial charge in [-0.3, -0.25) is 4.79 Å². The molecule has 0 aliphatic carbocycles. The van der Waals surface area contributed by atoms with E-state index in [2.05, 4.69) is 4.98 Å². The van der Waals surface area contributed by atoms with Crippen molar-refractivity contribution >= 4 is 30.9 Å². The third kappa shape index (κ3) is 6.09. The summed E-state index contributed by atoms with van der Waals surface area (Å²) >= 11 is 0. The molecular formula is C27H33N3O8S2. The maximum absolute atomic E-state index is 13.3. The standard InChI is InChI=1S/C27H33N3O8S2/c28-39(33,34)22-5-3-4-21(14-22)37-18-20(31)9-8-19-15-27(38-17-19)10-12-30(13-11-27)40(35,36)25-16-29-24-7-2-1-6-23(24)26(25)32/h1-7,14,16,19-20,31H,8-13,15,17-18H2,(H,29,32)(H2,28,33,34)/t19-,20+/m1/s1. The molecule has 11 nitrogen and oxygen atoms in total. The number of rotatable bonds is 9. The Kier molecular flexibility index (Phi) is 8.06. The molecule has 3 aromatic rings. The summed E-state index contributed by atoms with van der Waals surface area (Å²) in [5, 5.41) is 15.9. The number of sulfonamides is 2. The van der Waals surface area contributed by atoms with E-state index in [1.165, 1.54) is 28.7 Å². The van der Waals surface area contributed by atoms with E-state index in [-0.39, 0.29) is 35.4 Å². The molecule has 4 N–H and O–H groups in total. The van der Waals surface area contributed by atoms with Crippen LogP contribution in [-0.4, -0.2) is 69.2 Å². The van der Waals surface area contributed by atoms with Crippen molar-refractivity contribution in [3.8, 4) is 5.75 Å². The number of nitrogens with two attached hydrogens (primary N) is 1. The predicted octanol–water partition coefficient (Wildman–Crippen LogP) is 1.96. The van der Waals surface area contributed by atoms with Crippen LogP contribution in [0.5, 0.6) is 5.75 Å². The van der Waals surface area contributed by atoms with Gasteiger partial charge in [0.25, 0.3) is 0 Å². The molecule has 0 radical (unpaired) electrons. The Morgan fingerprint density at radius 1 is 1.12 bits per heavy atom. The number of para-hydroxylation sites is 1. The van der Waals surface area contributed by atoms with Gasteiger partial charge in [-0.25, -0.2) is 22.0 Å². The molecule has 0 unspecified atom stereocenters.